The maximum atomic E-state index is 11.6. The maximum absolute atomic E-state index is 11.6. The highest BCUT2D eigenvalue weighted by atomic mass is 16.1. The first-order valence-corrected chi connectivity index (χ1v) is 5.33. The van der Waals surface area contributed by atoms with Crippen molar-refractivity contribution in [3.63, 3.8) is 0 Å². The van der Waals surface area contributed by atoms with Crippen molar-refractivity contribution in [1.82, 2.24) is 5.32 Å². The number of carbonyl (C=O) groups is 1. The number of amides is 1. The maximum Gasteiger partial charge on any atom is 0.220 e. The van der Waals surface area contributed by atoms with Gasteiger partial charge in [0.15, 0.2) is 0 Å². The van der Waals surface area contributed by atoms with Crippen LogP contribution in [-0.4, -0.2) is 11.4 Å². The van der Waals surface area contributed by atoms with Crippen LogP contribution in [0, 0.1) is 5.41 Å². The third-order valence-corrected chi connectivity index (χ3v) is 3.59. The Morgan fingerprint density at radius 1 is 1.23 bits per heavy atom. The largest absolute Gasteiger partial charge is 0.351 e. The van der Waals surface area contributed by atoms with E-state index in [1.54, 1.807) is 0 Å². The molecule has 2 heteroatoms. The predicted octanol–water partition coefficient (Wildman–Crippen LogP) is 2.24. The van der Waals surface area contributed by atoms with Crippen LogP contribution in [0.4, 0.5) is 0 Å². The van der Waals surface area contributed by atoms with E-state index in [4.69, 9.17) is 0 Å². The van der Waals surface area contributed by atoms with Crippen molar-refractivity contribution in [2.45, 2.75) is 57.9 Å². The first-order valence-electron chi connectivity index (χ1n) is 5.33. The van der Waals surface area contributed by atoms with Crippen LogP contribution in [-0.2, 0) is 4.79 Å². The highest BCUT2D eigenvalue weighted by molar-refractivity contribution is 5.78. The van der Waals surface area contributed by atoms with Crippen LogP contribution in [0.3, 0.4) is 0 Å². The van der Waals surface area contributed by atoms with Crippen LogP contribution in [0.5, 0.6) is 0 Å². The average Bonchev–Trinajstić information content (AvgIpc) is 2.64. The molecular formula is C11H19NO. The Morgan fingerprint density at radius 3 is 2.23 bits per heavy atom. The van der Waals surface area contributed by atoms with Crippen LogP contribution in [0.1, 0.15) is 52.4 Å². The van der Waals surface area contributed by atoms with Crippen molar-refractivity contribution in [1.29, 1.82) is 0 Å². The van der Waals surface area contributed by atoms with E-state index in [0.717, 1.165) is 19.3 Å². The van der Waals surface area contributed by atoms with Gasteiger partial charge in [-0.2, -0.15) is 0 Å². The zero-order valence-electron chi connectivity index (χ0n) is 8.65. The second-order valence-corrected chi connectivity index (χ2v) is 5.45. The Balaban J connectivity index is 1.78. The van der Waals surface area contributed by atoms with Gasteiger partial charge in [0.2, 0.25) is 5.91 Å². The van der Waals surface area contributed by atoms with Crippen molar-refractivity contribution < 1.29 is 4.79 Å². The molecule has 1 amide bonds. The molecule has 0 aromatic heterocycles. The van der Waals surface area contributed by atoms with Crippen molar-refractivity contribution in [3.8, 4) is 0 Å². The summed E-state index contributed by atoms with van der Waals surface area (Å²) in [6.07, 6.45) is 6.80. The highest BCUT2D eigenvalue weighted by Gasteiger charge is 2.41. The minimum Gasteiger partial charge on any atom is -0.351 e. The fourth-order valence-electron chi connectivity index (χ4n) is 1.99. The van der Waals surface area contributed by atoms with Crippen LogP contribution >= 0.6 is 0 Å². The van der Waals surface area contributed by atoms with Gasteiger partial charge in [0, 0.05) is 12.0 Å². The molecule has 0 spiro atoms. The fraction of sp³-hybridized carbons (Fsp3) is 0.909. The lowest BCUT2D eigenvalue weighted by Crippen LogP contribution is -2.51. The van der Waals surface area contributed by atoms with Gasteiger partial charge in [-0.05, 0) is 44.4 Å². The summed E-state index contributed by atoms with van der Waals surface area (Å²) in [5, 5.41) is 3.15. The van der Waals surface area contributed by atoms with Gasteiger partial charge >= 0.3 is 0 Å². The molecule has 2 aliphatic rings. The molecule has 0 heterocycles. The van der Waals surface area contributed by atoms with E-state index in [2.05, 4.69) is 19.2 Å². The molecule has 0 radical (unpaired) electrons. The van der Waals surface area contributed by atoms with Gasteiger partial charge in [0.1, 0.15) is 0 Å². The molecule has 0 saturated heterocycles. The second kappa shape index (κ2) is 2.73. The van der Waals surface area contributed by atoms with E-state index < -0.39 is 0 Å². The first-order chi connectivity index (χ1) is 6.02. The number of carbonyl (C=O) groups excluding carboxylic acids is 1. The van der Waals surface area contributed by atoms with Crippen LogP contribution in [0.2, 0.25) is 0 Å². The summed E-state index contributed by atoms with van der Waals surface area (Å²) in [6, 6.07) is 0. The quantitative estimate of drug-likeness (QED) is 0.710. The van der Waals surface area contributed by atoms with Crippen LogP contribution in [0.15, 0.2) is 0 Å². The Morgan fingerprint density at radius 2 is 1.85 bits per heavy atom. The second-order valence-electron chi connectivity index (χ2n) is 5.45. The number of nitrogens with one attached hydrogen (secondary N) is 1. The molecule has 0 unspecified atom stereocenters. The lowest BCUT2D eigenvalue weighted by molar-refractivity contribution is -0.124. The molecule has 2 nitrogen and oxygen atoms in total. The molecule has 0 aromatic carbocycles. The van der Waals surface area contributed by atoms with Gasteiger partial charge in [-0.15, -0.1) is 0 Å². The smallest absolute Gasteiger partial charge is 0.220 e. The zero-order valence-corrected chi connectivity index (χ0v) is 8.65. The Hall–Kier alpha value is -0.530. The Bertz CT molecular complexity index is 226. The van der Waals surface area contributed by atoms with Crippen molar-refractivity contribution in [2.75, 3.05) is 0 Å². The number of hydrogen-bond donors (Lipinski definition) is 1. The van der Waals surface area contributed by atoms with Gasteiger partial charge in [-0.25, -0.2) is 0 Å². The lowest BCUT2D eigenvalue weighted by atomic mass is 9.78. The average molecular weight is 181 g/mol. The molecule has 0 atom stereocenters. The number of hydrogen-bond acceptors (Lipinski definition) is 1. The van der Waals surface area contributed by atoms with E-state index in [-0.39, 0.29) is 11.4 Å². The molecule has 0 aliphatic heterocycles. The molecule has 1 N–H and O–H groups in total. The normalized spacial score (nSPS) is 27.5. The topological polar surface area (TPSA) is 29.1 Å². The third kappa shape index (κ3) is 2.04. The van der Waals surface area contributed by atoms with Gasteiger partial charge < -0.3 is 5.32 Å². The molecule has 74 valence electrons. The van der Waals surface area contributed by atoms with Crippen LogP contribution < -0.4 is 5.32 Å². The van der Waals surface area contributed by atoms with E-state index in [0.29, 0.717) is 5.41 Å². The van der Waals surface area contributed by atoms with Crippen molar-refractivity contribution >= 4 is 5.91 Å². The number of rotatable bonds is 3. The monoisotopic (exact) mass is 181 g/mol. The predicted molar refractivity (Wildman–Crippen MR) is 52.4 cm³/mol. The van der Waals surface area contributed by atoms with E-state index in [1.807, 2.05) is 0 Å². The molecule has 2 aliphatic carbocycles. The van der Waals surface area contributed by atoms with Gasteiger partial charge in [-0.1, -0.05) is 6.92 Å². The molecule has 0 aromatic rings. The van der Waals surface area contributed by atoms with Crippen LogP contribution in [0.25, 0.3) is 0 Å². The van der Waals surface area contributed by atoms with Gasteiger partial charge in [0.25, 0.3) is 0 Å². The summed E-state index contributed by atoms with van der Waals surface area (Å²) in [5.74, 6) is 0.266. The van der Waals surface area contributed by atoms with Gasteiger partial charge in [0.05, 0.1) is 0 Å². The third-order valence-electron chi connectivity index (χ3n) is 3.59. The molecule has 2 saturated carbocycles. The molecular weight excluding hydrogens is 162 g/mol. The van der Waals surface area contributed by atoms with Crippen molar-refractivity contribution in [2.24, 2.45) is 5.41 Å². The Labute approximate surface area is 80.1 Å². The van der Waals surface area contributed by atoms with Gasteiger partial charge in [-0.3, -0.25) is 4.79 Å². The summed E-state index contributed by atoms with van der Waals surface area (Å²) in [6.45, 7) is 4.36. The summed E-state index contributed by atoms with van der Waals surface area (Å²) in [5.41, 5.74) is 0.493. The summed E-state index contributed by atoms with van der Waals surface area (Å²) < 4.78 is 0. The lowest BCUT2D eigenvalue weighted by Gasteiger charge is -2.39. The minimum atomic E-state index is 0.141. The first kappa shape index (κ1) is 9.04. The summed E-state index contributed by atoms with van der Waals surface area (Å²) in [7, 11) is 0. The van der Waals surface area contributed by atoms with Crippen molar-refractivity contribution in [3.05, 3.63) is 0 Å². The molecule has 13 heavy (non-hydrogen) atoms. The summed E-state index contributed by atoms with van der Waals surface area (Å²) in [4.78, 5) is 11.6. The zero-order chi connectivity index (χ0) is 9.53. The van der Waals surface area contributed by atoms with E-state index >= 15 is 0 Å². The Kier molecular flexibility index (Phi) is 1.90. The minimum absolute atomic E-state index is 0.141. The molecule has 2 fully saturated rings. The molecule has 2 rings (SSSR count). The van der Waals surface area contributed by atoms with E-state index in [9.17, 15) is 4.79 Å². The molecule has 0 bridgehead atoms. The summed E-state index contributed by atoms with van der Waals surface area (Å²) >= 11 is 0. The van der Waals surface area contributed by atoms with E-state index in [1.165, 1.54) is 19.3 Å². The standard InChI is InChI=1S/C11H19NO/c1-10(6-7-10)8-9(13)12-11(2)4-3-5-11/h3-8H2,1-2H3,(H,12,13). The fourth-order valence-corrected chi connectivity index (χ4v) is 1.99. The SMILES string of the molecule is CC1(CC(=O)NC2(C)CCC2)CC1. The highest BCUT2D eigenvalue weighted by Crippen LogP contribution is 2.48.